The largest absolute Gasteiger partial charge is 0.452 e. The fraction of sp³-hybridized carbons (Fsp3) is 0.429. The van der Waals surface area contributed by atoms with E-state index in [-0.39, 0.29) is 11.6 Å². The number of ether oxygens (including phenoxy) is 1. The lowest BCUT2D eigenvalue weighted by atomic mass is 10.2. The van der Waals surface area contributed by atoms with E-state index in [2.05, 4.69) is 5.32 Å². The van der Waals surface area contributed by atoms with E-state index in [0.717, 1.165) is 24.3 Å². The van der Waals surface area contributed by atoms with E-state index in [1.54, 1.807) is 13.8 Å². The second-order valence-corrected chi connectivity index (χ2v) is 4.80. The first kappa shape index (κ1) is 17.0. The van der Waals surface area contributed by atoms with Gasteiger partial charge in [0.2, 0.25) is 0 Å². The van der Waals surface area contributed by atoms with Crippen molar-refractivity contribution in [2.24, 2.45) is 5.92 Å². The van der Waals surface area contributed by atoms with Crippen molar-refractivity contribution in [2.75, 3.05) is 5.32 Å². The summed E-state index contributed by atoms with van der Waals surface area (Å²) in [6, 6.07) is 4.00. The maximum atomic E-state index is 12.4. The molecule has 0 aliphatic heterocycles. The molecule has 116 valence electrons. The first-order valence-corrected chi connectivity index (χ1v) is 6.30. The van der Waals surface area contributed by atoms with E-state index in [0.29, 0.717) is 0 Å². The number of benzene rings is 1. The molecule has 0 radical (unpaired) electrons. The van der Waals surface area contributed by atoms with Gasteiger partial charge in [-0.1, -0.05) is 13.8 Å². The number of carbonyl (C=O) groups is 2. The number of hydrogen-bond acceptors (Lipinski definition) is 3. The van der Waals surface area contributed by atoms with Crippen LogP contribution in [-0.4, -0.2) is 18.0 Å². The van der Waals surface area contributed by atoms with E-state index in [1.165, 1.54) is 6.92 Å². The fourth-order valence-electron chi connectivity index (χ4n) is 1.35. The van der Waals surface area contributed by atoms with Crippen LogP contribution in [-0.2, 0) is 20.5 Å². The second-order valence-electron chi connectivity index (χ2n) is 4.80. The molecule has 1 atom stereocenters. The third-order valence-corrected chi connectivity index (χ3v) is 2.61. The highest BCUT2D eigenvalue weighted by atomic mass is 19.4. The van der Waals surface area contributed by atoms with Crippen LogP contribution in [0, 0.1) is 5.92 Å². The summed E-state index contributed by atoms with van der Waals surface area (Å²) in [7, 11) is 0. The molecule has 1 N–H and O–H groups in total. The van der Waals surface area contributed by atoms with E-state index < -0.39 is 29.7 Å². The highest BCUT2D eigenvalue weighted by Crippen LogP contribution is 2.29. The van der Waals surface area contributed by atoms with Crippen LogP contribution in [0.15, 0.2) is 24.3 Å². The molecule has 1 aromatic rings. The Kier molecular flexibility index (Phi) is 5.34. The summed E-state index contributed by atoms with van der Waals surface area (Å²) < 4.78 is 42.0. The predicted octanol–water partition coefficient (Wildman–Crippen LogP) is 3.23. The fourth-order valence-corrected chi connectivity index (χ4v) is 1.35. The summed E-state index contributed by atoms with van der Waals surface area (Å²) in [4.78, 5) is 23.1. The zero-order valence-electron chi connectivity index (χ0n) is 11.8. The molecule has 4 nitrogen and oxygen atoms in total. The van der Waals surface area contributed by atoms with Gasteiger partial charge in [-0.05, 0) is 31.2 Å². The van der Waals surface area contributed by atoms with E-state index in [9.17, 15) is 22.8 Å². The second kappa shape index (κ2) is 6.60. The zero-order valence-corrected chi connectivity index (χ0v) is 11.8. The first-order chi connectivity index (χ1) is 9.61. The average Bonchev–Trinajstić information content (AvgIpc) is 2.37. The maximum absolute atomic E-state index is 12.4. The minimum absolute atomic E-state index is 0.195. The van der Waals surface area contributed by atoms with Gasteiger partial charge in [0.15, 0.2) is 6.10 Å². The number of rotatable bonds is 4. The van der Waals surface area contributed by atoms with Crippen molar-refractivity contribution in [3.8, 4) is 0 Å². The predicted molar refractivity (Wildman–Crippen MR) is 70.5 cm³/mol. The summed E-state index contributed by atoms with van der Waals surface area (Å²) in [5.74, 6) is -1.50. The highest BCUT2D eigenvalue weighted by molar-refractivity contribution is 5.95. The van der Waals surface area contributed by atoms with Gasteiger partial charge < -0.3 is 10.1 Å². The summed E-state index contributed by atoms with van der Waals surface area (Å²) in [5, 5.41) is 2.38. The minimum Gasteiger partial charge on any atom is -0.452 e. The van der Waals surface area contributed by atoms with Crippen LogP contribution in [0.4, 0.5) is 18.9 Å². The topological polar surface area (TPSA) is 55.4 Å². The van der Waals surface area contributed by atoms with E-state index in [1.807, 2.05) is 0 Å². The number of esters is 1. The number of amides is 1. The van der Waals surface area contributed by atoms with Crippen molar-refractivity contribution < 1.29 is 27.5 Å². The number of alkyl halides is 3. The van der Waals surface area contributed by atoms with Gasteiger partial charge in [-0.2, -0.15) is 13.2 Å². The van der Waals surface area contributed by atoms with Gasteiger partial charge in [0.05, 0.1) is 11.5 Å². The van der Waals surface area contributed by atoms with Crippen molar-refractivity contribution in [1.82, 2.24) is 0 Å². The molecule has 0 spiro atoms. The van der Waals surface area contributed by atoms with Gasteiger partial charge in [0, 0.05) is 5.69 Å². The van der Waals surface area contributed by atoms with Crippen molar-refractivity contribution in [3.63, 3.8) is 0 Å². The van der Waals surface area contributed by atoms with Gasteiger partial charge in [-0.3, -0.25) is 9.59 Å². The Hall–Kier alpha value is -2.05. The molecule has 0 saturated carbocycles. The molecule has 0 heterocycles. The van der Waals surface area contributed by atoms with Crippen LogP contribution >= 0.6 is 0 Å². The maximum Gasteiger partial charge on any atom is 0.416 e. The van der Waals surface area contributed by atoms with Gasteiger partial charge in [-0.15, -0.1) is 0 Å². The Bertz CT molecular complexity index is 509. The van der Waals surface area contributed by atoms with Crippen LogP contribution in [0.25, 0.3) is 0 Å². The van der Waals surface area contributed by atoms with E-state index >= 15 is 0 Å². The third kappa shape index (κ3) is 5.09. The molecule has 7 heteroatoms. The Balaban J connectivity index is 2.64. The molecular formula is C14H16F3NO3. The van der Waals surface area contributed by atoms with Crippen molar-refractivity contribution in [1.29, 1.82) is 0 Å². The van der Waals surface area contributed by atoms with Gasteiger partial charge in [0.1, 0.15) is 0 Å². The number of hydrogen-bond donors (Lipinski definition) is 1. The Morgan fingerprint density at radius 2 is 1.62 bits per heavy atom. The quantitative estimate of drug-likeness (QED) is 0.869. The van der Waals surface area contributed by atoms with Gasteiger partial charge >= 0.3 is 12.1 Å². The van der Waals surface area contributed by atoms with E-state index in [4.69, 9.17) is 4.74 Å². The lowest BCUT2D eigenvalue weighted by molar-refractivity contribution is -0.156. The van der Waals surface area contributed by atoms with Crippen LogP contribution in [0.2, 0.25) is 0 Å². The standard InChI is InChI=1S/C14H16F3NO3/c1-8(2)13(20)21-9(3)12(19)18-11-6-4-10(5-7-11)14(15,16)17/h4-9H,1-3H3,(H,18,19). The number of nitrogens with one attached hydrogen (secondary N) is 1. The molecule has 1 amide bonds. The monoisotopic (exact) mass is 303 g/mol. The van der Waals surface area contributed by atoms with Crippen molar-refractivity contribution in [3.05, 3.63) is 29.8 Å². The van der Waals surface area contributed by atoms with Crippen LogP contribution in [0.5, 0.6) is 0 Å². The molecule has 0 fully saturated rings. The lowest BCUT2D eigenvalue weighted by Crippen LogP contribution is -2.31. The Morgan fingerprint density at radius 1 is 1.10 bits per heavy atom. The minimum atomic E-state index is -4.43. The molecule has 0 aromatic heterocycles. The van der Waals surface area contributed by atoms with Crippen LogP contribution < -0.4 is 5.32 Å². The highest BCUT2D eigenvalue weighted by Gasteiger charge is 2.30. The normalized spacial score (nSPS) is 12.9. The Labute approximate surface area is 120 Å². The molecule has 21 heavy (non-hydrogen) atoms. The summed E-state index contributed by atoms with van der Waals surface area (Å²) in [6.07, 6.45) is -5.45. The molecular weight excluding hydrogens is 287 g/mol. The number of carbonyl (C=O) groups excluding carboxylic acids is 2. The zero-order chi connectivity index (χ0) is 16.2. The van der Waals surface area contributed by atoms with Gasteiger partial charge in [0.25, 0.3) is 5.91 Å². The summed E-state index contributed by atoms with van der Waals surface area (Å²) in [5.41, 5.74) is -0.611. The molecule has 0 aliphatic rings. The van der Waals surface area contributed by atoms with Crippen molar-refractivity contribution in [2.45, 2.75) is 33.1 Å². The molecule has 1 aromatic carbocycles. The average molecular weight is 303 g/mol. The SMILES string of the molecule is CC(C)C(=O)OC(C)C(=O)Nc1ccc(C(F)(F)F)cc1. The van der Waals surface area contributed by atoms with Gasteiger partial charge in [-0.25, -0.2) is 0 Å². The van der Waals surface area contributed by atoms with Crippen LogP contribution in [0.3, 0.4) is 0 Å². The number of anilines is 1. The smallest absolute Gasteiger partial charge is 0.416 e. The summed E-state index contributed by atoms with van der Waals surface area (Å²) in [6.45, 7) is 4.64. The molecule has 0 aliphatic carbocycles. The van der Waals surface area contributed by atoms with Crippen LogP contribution in [0.1, 0.15) is 26.3 Å². The third-order valence-electron chi connectivity index (χ3n) is 2.61. The number of halogens is 3. The lowest BCUT2D eigenvalue weighted by Gasteiger charge is -2.15. The summed E-state index contributed by atoms with van der Waals surface area (Å²) >= 11 is 0. The Morgan fingerprint density at radius 3 is 2.05 bits per heavy atom. The first-order valence-electron chi connectivity index (χ1n) is 6.30. The molecule has 0 bridgehead atoms. The molecule has 1 unspecified atom stereocenters. The van der Waals surface area contributed by atoms with Crippen molar-refractivity contribution >= 4 is 17.6 Å². The molecule has 0 saturated heterocycles. The molecule has 1 rings (SSSR count).